The third kappa shape index (κ3) is 37.3. The number of nitrogens with zero attached hydrogens (tertiary/aromatic N) is 16. The van der Waals surface area contributed by atoms with Gasteiger partial charge in [0.25, 0.3) is 23.6 Å². The number of halogens is 6. The Morgan fingerprint density at radius 3 is 1.25 bits per heavy atom. The van der Waals surface area contributed by atoms with E-state index in [0.29, 0.717) is 174 Å². The summed E-state index contributed by atoms with van der Waals surface area (Å²) in [5, 5.41) is 52.0. The van der Waals surface area contributed by atoms with Crippen molar-refractivity contribution in [3.05, 3.63) is 187 Å². The number of thioether (sulfide) groups is 1. The zero-order valence-electron chi connectivity index (χ0n) is 86.2. The van der Waals surface area contributed by atoms with Crippen molar-refractivity contribution >= 4 is 134 Å². The molecule has 7 aromatic rings. The van der Waals surface area contributed by atoms with Crippen LogP contribution in [-0.4, -0.2) is 291 Å². The second kappa shape index (κ2) is 61.2. The number of ether oxygens (including phenoxy) is 1. The fourth-order valence-corrected chi connectivity index (χ4v) is 22.0. The van der Waals surface area contributed by atoms with Crippen molar-refractivity contribution in [2.45, 2.75) is 261 Å². The first-order chi connectivity index (χ1) is 69.1. The molecular formula is C104H148Cl4F2N24O7S3. The van der Waals surface area contributed by atoms with Crippen LogP contribution in [0.15, 0.2) is 92.2 Å². The zero-order valence-corrected chi connectivity index (χ0v) is 91.7. The molecule has 1 saturated carbocycles. The van der Waals surface area contributed by atoms with Gasteiger partial charge in [-0.1, -0.05) is 60.3 Å². The van der Waals surface area contributed by atoms with Gasteiger partial charge in [0.05, 0.1) is 58.5 Å². The summed E-state index contributed by atoms with van der Waals surface area (Å²) in [6.45, 7) is 41.8. The SMILES string of the molecule is CCCN(C(=O)Nc1ccc(F)cc1)C1CCN([C@H](C)CCNC(=O)c2c(C)cc(Cl)nc2C)CC1.CCNC(=O)N(CCSCC)C1CCN([C@H](C)CCNC(=O)c2c(C)cc(Cl)nc2Cl)CC1.COCCN=C(NC#N)N(Cc1ccsc1)C1CCN([C@H](C)CCNC(=O)c2c(C)cc(Cl)nc2C)CC1.Cc1cc(F)nc(C)c1C(=O)NCC[C@@H](C)N1CCC(N(Cc2ccsc2)C(=NC2CC2)NC#N)CC1. The monoisotopic (exact) mass is 2120 g/mol. The average Bonchev–Trinajstić information content (AvgIpc) is 1.32. The predicted molar refractivity (Wildman–Crippen MR) is 577 cm³/mol. The van der Waals surface area contributed by atoms with E-state index in [-0.39, 0.29) is 69.9 Å². The van der Waals surface area contributed by atoms with Crippen LogP contribution >= 0.6 is 80.8 Å². The number of rotatable bonds is 40. The number of amides is 8. The molecule has 0 bridgehead atoms. The van der Waals surface area contributed by atoms with Gasteiger partial charge >= 0.3 is 12.1 Å². The van der Waals surface area contributed by atoms with Crippen LogP contribution < -0.4 is 42.5 Å². The summed E-state index contributed by atoms with van der Waals surface area (Å²) in [4.78, 5) is 120. The number of carbonyl (C=O) groups is 6. The maximum absolute atomic E-state index is 13.5. The highest BCUT2D eigenvalue weighted by Gasteiger charge is 2.36. The van der Waals surface area contributed by atoms with Crippen LogP contribution in [-0.2, 0) is 17.8 Å². The molecule has 4 atom stereocenters. The third-order valence-electron chi connectivity index (χ3n) is 27.0. The molecule has 0 spiro atoms. The highest BCUT2D eigenvalue weighted by molar-refractivity contribution is 7.99. The van der Waals surface area contributed by atoms with E-state index in [2.05, 4.69) is 184 Å². The summed E-state index contributed by atoms with van der Waals surface area (Å²) < 4.78 is 31.8. The number of benzene rings is 1. The predicted octanol–water partition coefficient (Wildman–Crippen LogP) is 17.8. The first kappa shape index (κ1) is 118. The Hall–Kier alpha value is -9.67. The molecule has 12 rings (SSSR count). The van der Waals surface area contributed by atoms with Gasteiger partial charge in [0.2, 0.25) is 17.9 Å². The number of carbonyl (C=O) groups excluding carboxylic acids is 6. The number of aryl methyl sites for hydroxylation is 7. The molecule has 8 amide bonds. The van der Waals surface area contributed by atoms with Gasteiger partial charge in [-0.3, -0.25) is 29.8 Å². The Bertz CT molecular complexity index is 5290. The molecule has 10 heterocycles. The molecule has 4 saturated heterocycles. The number of likely N-dealkylation sites (tertiary alicyclic amines) is 4. The molecule has 5 fully saturated rings. The van der Waals surface area contributed by atoms with E-state index in [1.807, 2.05) is 49.3 Å². The normalized spacial score (nSPS) is 16.2. The number of aliphatic imine (C=N–C) groups is 2. The Kier molecular flexibility index (Phi) is 50.1. The fourth-order valence-electron chi connectivity index (χ4n) is 18.9. The first-order valence-corrected chi connectivity index (χ1v) is 55.0. The topological polar surface area (TPSA) is 358 Å². The Labute approximate surface area is 882 Å². The number of guanidine groups is 2. The van der Waals surface area contributed by atoms with Crippen molar-refractivity contribution in [1.82, 2.24) is 96.4 Å². The van der Waals surface area contributed by atoms with Crippen LogP contribution in [0.4, 0.5) is 24.1 Å². The van der Waals surface area contributed by atoms with Crippen molar-refractivity contribution in [3.8, 4) is 12.4 Å². The maximum Gasteiger partial charge on any atom is 0.322 e. The van der Waals surface area contributed by atoms with Crippen LogP contribution in [0.25, 0.3) is 0 Å². The number of nitrogens with one attached hydrogen (secondary N) is 8. The number of thiophene rings is 2. The number of urea groups is 2. The lowest BCUT2D eigenvalue weighted by atomic mass is 10.0. The van der Waals surface area contributed by atoms with Crippen molar-refractivity contribution < 1.29 is 42.3 Å². The van der Waals surface area contributed by atoms with Gasteiger partial charge in [0, 0.05) is 178 Å². The Morgan fingerprint density at radius 2 is 0.882 bits per heavy atom. The minimum Gasteiger partial charge on any atom is -0.383 e. The van der Waals surface area contributed by atoms with Crippen molar-refractivity contribution in [3.63, 3.8) is 0 Å². The summed E-state index contributed by atoms with van der Waals surface area (Å²) in [5.41, 5.74) is 9.70. The van der Waals surface area contributed by atoms with E-state index in [0.717, 1.165) is 184 Å². The van der Waals surface area contributed by atoms with Crippen molar-refractivity contribution in [1.29, 1.82) is 10.5 Å². The lowest BCUT2D eigenvalue weighted by Crippen LogP contribution is -2.52. The van der Waals surface area contributed by atoms with Gasteiger partial charge in [-0.05, 0) is 301 Å². The third-order valence-corrected chi connectivity index (χ3v) is 30.2. The van der Waals surface area contributed by atoms with Crippen LogP contribution in [0.3, 0.4) is 0 Å². The van der Waals surface area contributed by atoms with Gasteiger partial charge in [-0.25, -0.2) is 43.9 Å². The van der Waals surface area contributed by atoms with E-state index in [1.165, 1.54) is 29.3 Å². The maximum atomic E-state index is 13.5. The van der Waals surface area contributed by atoms with E-state index in [4.69, 9.17) is 56.1 Å². The number of piperidine rings is 4. The molecule has 6 aromatic heterocycles. The van der Waals surface area contributed by atoms with E-state index in [1.54, 1.807) is 87.8 Å². The van der Waals surface area contributed by atoms with Gasteiger partial charge in [-0.15, -0.1) is 0 Å². The second-order valence-corrected chi connectivity index (χ2v) is 41.9. The van der Waals surface area contributed by atoms with Crippen LogP contribution in [0.5, 0.6) is 0 Å². The molecule has 1 aromatic carbocycles. The van der Waals surface area contributed by atoms with E-state index >= 15 is 0 Å². The number of methoxy groups -OCH3 is 1. The molecule has 144 heavy (non-hydrogen) atoms. The fraction of sp³-hybridized carbons (Fsp3) is 0.577. The lowest BCUT2D eigenvalue weighted by molar-refractivity contribution is 0.0913. The highest BCUT2D eigenvalue weighted by Crippen LogP contribution is 2.32. The second-order valence-electron chi connectivity index (χ2n) is 37.5. The smallest absolute Gasteiger partial charge is 0.322 e. The van der Waals surface area contributed by atoms with Gasteiger partial charge < -0.3 is 75.8 Å². The van der Waals surface area contributed by atoms with Crippen LogP contribution in [0.2, 0.25) is 20.6 Å². The molecular weight excluding hydrogens is 1970 g/mol. The standard InChI is InChI=1S/C27H37ClFN5O2.C27H38ClN7O2S.C27H36FN7OS.C23H37Cl2N5O2S/c1-5-14-34(27(36)32-22-8-6-21(29)7-9-22)23-11-15-33(16-12-23)19(3)10-13-30-26(35)25-18(2)17-24(28)31-20(25)4;1-19-15-24(28)33-21(3)25(19)26(36)30-9-5-20(2)34-11-6-23(7-12-34)35(16-22-8-14-38-17-22)27(32-18-29)31-10-13-37-4;1-18-14-24(28)32-20(3)25(18)26(36)30-10-6-19(2)34-11-7-23(8-12-34)35(15-21-9-13-37-16-21)27(31-17-29)33-22-4-5-22;1-5-26-23(32)30(13-14-33-6-2)18-8-11-29(12-9-18)17(4)7-10-27-22(31)20-16(3)15-19(24)28-21(20)25/h6-9,17,19,23H,5,10-16H2,1-4H3,(H,30,35)(H,32,36);8,14-15,17,20,23H,5-7,9-13,16H2,1-4H3,(H,30,36)(H,31,32);9,13-14,16,19,22-23H,4-8,10-12,15H2,1-3H3,(H,30,36)(H,31,33);15,17-18H,5-14H2,1-4H3,(H,26,32)(H,27,31)/t19-;20-;19-;17-/m1111/s1. The molecule has 1 aliphatic carbocycles. The highest BCUT2D eigenvalue weighted by atomic mass is 35.5. The minimum atomic E-state index is -0.563. The van der Waals surface area contributed by atoms with Gasteiger partial charge in [0.1, 0.15) is 26.4 Å². The Balaban J connectivity index is 0.000000214. The molecule has 5 aliphatic rings. The largest absolute Gasteiger partial charge is 0.383 e. The number of hydrogen-bond acceptors (Lipinski definition) is 22. The summed E-state index contributed by atoms with van der Waals surface area (Å²) in [5.74, 6) is 1.79. The average molecular weight is 2120 g/mol. The lowest BCUT2D eigenvalue weighted by Gasteiger charge is -2.41. The molecule has 8 N–H and O–H groups in total. The van der Waals surface area contributed by atoms with Crippen molar-refractivity contribution in [2.24, 2.45) is 9.98 Å². The Morgan fingerprint density at radius 1 is 0.500 bits per heavy atom. The summed E-state index contributed by atoms with van der Waals surface area (Å²) in [6, 6.07) is 19.0. The van der Waals surface area contributed by atoms with Crippen LogP contribution in [0.1, 0.15) is 237 Å². The molecule has 4 aliphatic heterocycles. The van der Waals surface area contributed by atoms with E-state index < -0.39 is 5.95 Å². The molecule has 31 nitrogen and oxygen atoms in total. The summed E-state index contributed by atoms with van der Waals surface area (Å²) in [6.07, 6.45) is 18.2. The summed E-state index contributed by atoms with van der Waals surface area (Å²) >= 11 is 29.2. The van der Waals surface area contributed by atoms with Crippen molar-refractivity contribution in [2.75, 3.05) is 135 Å². The first-order valence-electron chi connectivity index (χ1n) is 50.4. The number of aromatic nitrogens is 4. The number of nitriles is 2. The number of anilines is 1. The molecule has 40 heteroatoms. The number of hydrogen-bond donors (Lipinski definition) is 8. The molecule has 0 unspecified atom stereocenters. The van der Waals surface area contributed by atoms with Gasteiger partial charge in [0.15, 0.2) is 12.4 Å². The number of pyridine rings is 4. The van der Waals surface area contributed by atoms with Crippen LogP contribution in [0, 0.1) is 83.1 Å². The zero-order chi connectivity index (χ0) is 104. The van der Waals surface area contributed by atoms with Gasteiger partial charge in [-0.2, -0.15) is 49.3 Å². The molecule has 0 radical (unpaired) electrons. The quantitative estimate of drug-likeness (QED) is 0.00442. The minimum absolute atomic E-state index is 0.0501. The van der Waals surface area contributed by atoms with E-state index in [9.17, 15) is 48.1 Å². The molecule has 786 valence electrons. The summed E-state index contributed by atoms with van der Waals surface area (Å²) in [7, 11) is 1.65.